The molecule has 28 heavy (non-hydrogen) atoms. The molecule has 1 N–H and O–H groups in total. The first-order valence-electron chi connectivity index (χ1n) is 8.99. The van der Waals surface area contributed by atoms with Crippen LogP contribution in [0.4, 0.5) is 5.69 Å². The molecule has 0 aliphatic rings. The van der Waals surface area contributed by atoms with Crippen LogP contribution in [0.5, 0.6) is 5.75 Å². The summed E-state index contributed by atoms with van der Waals surface area (Å²) in [6, 6.07) is 13.2. The summed E-state index contributed by atoms with van der Waals surface area (Å²) in [5.74, 6) is 0.466. The number of anilines is 1. The third-order valence-electron chi connectivity index (χ3n) is 4.68. The maximum absolute atomic E-state index is 12.7. The van der Waals surface area contributed by atoms with Crippen molar-refractivity contribution in [3.8, 4) is 5.75 Å². The highest BCUT2D eigenvalue weighted by Gasteiger charge is 2.20. The molecule has 146 valence electrons. The summed E-state index contributed by atoms with van der Waals surface area (Å²) in [7, 11) is 3.06. The Labute approximate surface area is 163 Å². The smallest absolute Gasteiger partial charge is 0.253 e. The highest BCUT2D eigenvalue weighted by Crippen LogP contribution is 2.24. The number of nitrogens with one attached hydrogen (secondary N) is 1. The molecule has 2 aromatic carbocycles. The van der Waals surface area contributed by atoms with Gasteiger partial charge in [0.25, 0.3) is 11.5 Å². The first kappa shape index (κ1) is 19.6. The number of aromatic amines is 1. The van der Waals surface area contributed by atoms with Crippen LogP contribution in [0.1, 0.15) is 16.7 Å². The molecular formula is C22H24N2O4. The summed E-state index contributed by atoms with van der Waals surface area (Å²) in [6.07, 6.45) is 0. The molecule has 1 heterocycles. The Morgan fingerprint density at radius 1 is 1.07 bits per heavy atom. The van der Waals surface area contributed by atoms with E-state index in [9.17, 15) is 9.59 Å². The van der Waals surface area contributed by atoms with Gasteiger partial charge in [-0.1, -0.05) is 12.1 Å². The van der Waals surface area contributed by atoms with Crippen molar-refractivity contribution in [3.63, 3.8) is 0 Å². The molecular weight excluding hydrogens is 356 g/mol. The molecule has 0 spiro atoms. The average molecular weight is 380 g/mol. The van der Waals surface area contributed by atoms with Gasteiger partial charge in [-0.15, -0.1) is 0 Å². The van der Waals surface area contributed by atoms with Crippen LogP contribution in [0, 0.1) is 13.8 Å². The number of ether oxygens (including phenoxy) is 2. The minimum atomic E-state index is -0.235. The van der Waals surface area contributed by atoms with Crippen molar-refractivity contribution < 1.29 is 14.3 Å². The Hall–Kier alpha value is -3.12. The third kappa shape index (κ3) is 4.07. The number of aryl methyl sites for hydroxylation is 2. The summed E-state index contributed by atoms with van der Waals surface area (Å²) in [4.78, 5) is 29.9. The van der Waals surface area contributed by atoms with E-state index in [1.807, 2.05) is 50.2 Å². The Bertz CT molecular complexity index is 1070. The van der Waals surface area contributed by atoms with Crippen LogP contribution in [-0.4, -0.2) is 31.7 Å². The number of aromatic nitrogens is 1. The van der Waals surface area contributed by atoms with Crippen molar-refractivity contribution in [3.05, 3.63) is 69.5 Å². The van der Waals surface area contributed by atoms with Crippen LogP contribution in [-0.2, 0) is 16.1 Å². The number of rotatable bonds is 6. The molecule has 3 rings (SSSR count). The lowest BCUT2D eigenvalue weighted by Gasteiger charge is -2.25. The van der Waals surface area contributed by atoms with E-state index in [2.05, 4.69) is 4.98 Å². The predicted octanol–water partition coefficient (Wildman–Crippen LogP) is 3.33. The van der Waals surface area contributed by atoms with Crippen molar-refractivity contribution in [1.82, 2.24) is 4.98 Å². The third-order valence-corrected chi connectivity index (χ3v) is 4.68. The first-order chi connectivity index (χ1) is 13.4. The Balaban J connectivity index is 2.05. The lowest BCUT2D eigenvalue weighted by atomic mass is 10.1. The largest absolute Gasteiger partial charge is 0.497 e. The highest BCUT2D eigenvalue weighted by atomic mass is 16.5. The van der Waals surface area contributed by atoms with Crippen LogP contribution in [0.2, 0.25) is 0 Å². The maximum atomic E-state index is 12.7. The molecule has 1 aromatic heterocycles. The van der Waals surface area contributed by atoms with Gasteiger partial charge >= 0.3 is 0 Å². The van der Waals surface area contributed by atoms with E-state index in [1.54, 1.807) is 18.1 Å². The number of hydrogen-bond acceptors (Lipinski definition) is 4. The van der Waals surface area contributed by atoms with Crippen molar-refractivity contribution in [1.29, 1.82) is 0 Å². The zero-order valence-corrected chi connectivity index (χ0v) is 16.5. The van der Waals surface area contributed by atoms with E-state index >= 15 is 0 Å². The summed E-state index contributed by atoms with van der Waals surface area (Å²) in [6.45, 7) is 4.01. The van der Waals surface area contributed by atoms with Crippen molar-refractivity contribution in [2.24, 2.45) is 0 Å². The van der Waals surface area contributed by atoms with Crippen molar-refractivity contribution in [2.45, 2.75) is 20.4 Å². The Kier molecular flexibility index (Phi) is 5.80. The molecule has 3 aromatic rings. The summed E-state index contributed by atoms with van der Waals surface area (Å²) in [5.41, 5.74) is 3.72. The molecule has 0 unspecified atom stereocenters. The number of carbonyl (C=O) groups excluding carboxylic acids is 1. The fraction of sp³-hybridized carbons (Fsp3) is 0.273. The number of benzene rings is 2. The summed E-state index contributed by atoms with van der Waals surface area (Å²) in [5, 5.41) is 0.871. The lowest BCUT2D eigenvalue weighted by Crippen LogP contribution is -2.35. The van der Waals surface area contributed by atoms with E-state index in [0.717, 1.165) is 22.2 Å². The number of fused-ring (bicyclic) bond motifs is 1. The zero-order valence-electron chi connectivity index (χ0n) is 16.5. The maximum Gasteiger partial charge on any atom is 0.253 e. The van der Waals surface area contributed by atoms with E-state index in [-0.39, 0.29) is 24.6 Å². The predicted molar refractivity (Wildman–Crippen MR) is 110 cm³/mol. The number of pyridine rings is 1. The average Bonchev–Trinajstić information content (AvgIpc) is 2.68. The molecule has 0 aliphatic carbocycles. The molecule has 6 heteroatoms. The van der Waals surface area contributed by atoms with Crippen LogP contribution in [0.3, 0.4) is 0 Å². The van der Waals surface area contributed by atoms with Gasteiger partial charge in [-0.25, -0.2) is 0 Å². The van der Waals surface area contributed by atoms with E-state index < -0.39 is 0 Å². The molecule has 0 atom stereocenters. The quantitative estimate of drug-likeness (QED) is 0.712. The van der Waals surface area contributed by atoms with Crippen molar-refractivity contribution in [2.75, 3.05) is 25.7 Å². The number of methoxy groups -OCH3 is 2. The number of H-pyrrole nitrogens is 1. The van der Waals surface area contributed by atoms with E-state index in [0.29, 0.717) is 16.8 Å². The van der Waals surface area contributed by atoms with Gasteiger partial charge in [0.1, 0.15) is 12.4 Å². The number of amides is 1. The second-order valence-corrected chi connectivity index (χ2v) is 6.78. The van der Waals surface area contributed by atoms with Gasteiger partial charge in [0.05, 0.1) is 19.2 Å². The second kappa shape index (κ2) is 8.27. The molecule has 1 amide bonds. The van der Waals surface area contributed by atoms with Crippen molar-refractivity contribution >= 4 is 22.5 Å². The SMILES string of the molecule is COCC(=O)N(Cc1cc2ccc(OC)cc2[nH]c1=O)c1cc(C)ccc1C. The van der Waals surface area contributed by atoms with E-state index in [1.165, 1.54) is 7.11 Å². The van der Waals surface area contributed by atoms with Gasteiger partial charge in [0.15, 0.2) is 0 Å². The molecule has 6 nitrogen and oxygen atoms in total. The standard InChI is InChI=1S/C22H24N2O4/c1-14-5-6-15(2)20(9-14)24(21(25)13-27-3)12-17-10-16-7-8-18(28-4)11-19(16)23-22(17)26/h5-11H,12-13H2,1-4H3,(H,23,26). The lowest BCUT2D eigenvalue weighted by molar-refractivity contribution is -0.122. The normalized spacial score (nSPS) is 10.9. The van der Waals surface area contributed by atoms with Crippen LogP contribution in [0.25, 0.3) is 10.9 Å². The van der Waals surface area contributed by atoms with Gasteiger partial charge in [-0.2, -0.15) is 0 Å². The van der Waals surface area contributed by atoms with Gasteiger partial charge in [0.2, 0.25) is 0 Å². The molecule has 0 aliphatic heterocycles. The fourth-order valence-electron chi connectivity index (χ4n) is 3.16. The van der Waals surface area contributed by atoms with E-state index in [4.69, 9.17) is 9.47 Å². The molecule has 0 bridgehead atoms. The fourth-order valence-corrected chi connectivity index (χ4v) is 3.16. The minimum absolute atomic E-state index is 0.0595. The van der Waals surface area contributed by atoms with Gasteiger partial charge in [-0.3, -0.25) is 9.59 Å². The molecule has 0 fully saturated rings. The number of carbonyl (C=O) groups is 1. The molecule has 0 saturated carbocycles. The molecule has 0 saturated heterocycles. The Morgan fingerprint density at radius 2 is 1.86 bits per heavy atom. The van der Waals surface area contributed by atoms with Gasteiger partial charge < -0.3 is 19.4 Å². The highest BCUT2D eigenvalue weighted by molar-refractivity contribution is 5.95. The molecule has 0 radical (unpaired) electrons. The minimum Gasteiger partial charge on any atom is -0.497 e. The summed E-state index contributed by atoms with van der Waals surface area (Å²) < 4.78 is 10.3. The number of hydrogen-bond donors (Lipinski definition) is 1. The monoisotopic (exact) mass is 380 g/mol. The van der Waals surface area contributed by atoms with Crippen LogP contribution >= 0.6 is 0 Å². The zero-order chi connectivity index (χ0) is 20.3. The number of nitrogens with zero attached hydrogens (tertiary/aromatic N) is 1. The Morgan fingerprint density at radius 3 is 2.57 bits per heavy atom. The second-order valence-electron chi connectivity index (χ2n) is 6.78. The van der Waals surface area contributed by atoms with Gasteiger partial charge in [-0.05, 0) is 54.6 Å². The summed E-state index contributed by atoms with van der Waals surface area (Å²) >= 11 is 0. The van der Waals surface area contributed by atoms with Gasteiger partial charge in [0, 0.05) is 24.4 Å². The van der Waals surface area contributed by atoms with Crippen LogP contribution < -0.4 is 15.2 Å². The topological polar surface area (TPSA) is 71.6 Å². The first-order valence-corrected chi connectivity index (χ1v) is 8.99. The van der Waals surface area contributed by atoms with Crippen LogP contribution in [0.15, 0.2) is 47.3 Å².